The van der Waals surface area contributed by atoms with Crippen LogP contribution < -0.4 is 0 Å². The molecule has 0 amide bonds. The normalized spacial score (nSPS) is 9.11. The lowest BCUT2D eigenvalue weighted by Crippen LogP contribution is -1.69. The van der Waals surface area contributed by atoms with Gasteiger partial charge >= 0.3 is 0 Å². The summed E-state index contributed by atoms with van der Waals surface area (Å²) in [4.78, 5) is 0. The molecule has 0 aliphatic rings. The molecule has 0 aliphatic heterocycles. The summed E-state index contributed by atoms with van der Waals surface area (Å²) in [7, 11) is 0. The van der Waals surface area contributed by atoms with Crippen LogP contribution in [0.15, 0.2) is 12.2 Å². The van der Waals surface area contributed by atoms with Crippen LogP contribution in [0.5, 0.6) is 0 Å². The third-order valence-corrected chi connectivity index (χ3v) is 0.794. The Balaban J connectivity index is 3.18. The van der Waals surface area contributed by atoms with Crippen LogP contribution >= 0.6 is 0 Å². The first-order valence-electron chi connectivity index (χ1n) is 3.13. The molecule has 0 aliphatic carbocycles. The van der Waals surface area contributed by atoms with Gasteiger partial charge < -0.3 is 5.11 Å². The molecule has 0 radical (unpaired) electrons. The molecule has 1 nitrogen and oxygen atoms in total. The van der Waals surface area contributed by atoms with E-state index < -0.39 is 0 Å². The van der Waals surface area contributed by atoms with E-state index in [4.69, 9.17) is 5.11 Å². The van der Waals surface area contributed by atoms with Crippen molar-refractivity contribution in [1.82, 2.24) is 0 Å². The maximum Gasteiger partial charge on any atom is 0.0612 e. The quantitative estimate of drug-likeness (QED) is 0.435. The molecule has 0 spiro atoms. The molecular formula is C8H12O. The third kappa shape index (κ3) is 7.26. The molecular weight excluding hydrogens is 112 g/mol. The first-order chi connectivity index (χ1) is 4.41. The smallest absolute Gasteiger partial charge is 0.0612 e. The van der Waals surface area contributed by atoms with E-state index in [1.807, 2.05) is 13.0 Å². The summed E-state index contributed by atoms with van der Waals surface area (Å²) < 4.78 is 0. The highest BCUT2D eigenvalue weighted by atomic mass is 16.2. The van der Waals surface area contributed by atoms with Crippen LogP contribution in [0.2, 0.25) is 0 Å². The minimum atomic E-state index is 0.119. The van der Waals surface area contributed by atoms with Gasteiger partial charge in [0, 0.05) is 12.8 Å². The van der Waals surface area contributed by atoms with E-state index in [9.17, 15) is 0 Å². The van der Waals surface area contributed by atoms with Gasteiger partial charge in [-0.3, -0.25) is 0 Å². The Labute approximate surface area is 56.4 Å². The van der Waals surface area contributed by atoms with Crippen molar-refractivity contribution in [3.05, 3.63) is 12.2 Å². The van der Waals surface area contributed by atoms with Crippen molar-refractivity contribution in [2.75, 3.05) is 6.61 Å². The van der Waals surface area contributed by atoms with Gasteiger partial charge in [-0.15, -0.1) is 5.92 Å². The molecule has 0 rings (SSSR count). The second-order valence-electron chi connectivity index (χ2n) is 1.57. The zero-order chi connectivity index (χ0) is 6.95. The summed E-state index contributed by atoms with van der Waals surface area (Å²) in [6, 6.07) is 0. The van der Waals surface area contributed by atoms with Crippen molar-refractivity contribution in [3.8, 4) is 11.8 Å². The van der Waals surface area contributed by atoms with E-state index in [0.29, 0.717) is 0 Å². The number of aliphatic hydroxyl groups is 1. The monoisotopic (exact) mass is 124 g/mol. The summed E-state index contributed by atoms with van der Waals surface area (Å²) >= 11 is 0. The predicted molar refractivity (Wildman–Crippen MR) is 38.9 cm³/mol. The second kappa shape index (κ2) is 7.26. The van der Waals surface area contributed by atoms with Crippen molar-refractivity contribution < 1.29 is 5.11 Å². The van der Waals surface area contributed by atoms with E-state index in [1.165, 1.54) is 0 Å². The van der Waals surface area contributed by atoms with E-state index in [0.717, 1.165) is 12.8 Å². The van der Waals surface area contributed by atoms with Gasteiger partial charge in [-0.25, -0.2) is 0 Å². The Kier molecular flexibility index (Phi) is 6.66. The molecule has 50 valence electrons. The maximum absolute atomic E-state index is 8.29. The third-order valence-electron chi connectivity index (χ3n) is 0.794. The molecule has 0 unspecified atom stereocenters. The predicted octanol–water partition coefficient (Wildman–Crippen LogP) is 1.34. The molecule has 0 aromatic rings. The van der Waals surface area contributed by atoms with Crippen molar-refractivity contribution in [1.29, 1.82) is 0 Å². The van der Waals surface area contributed by atoms with E-state index in [2.05, 4.69) is 11.8 Å². The number of allylic oxidation sites excluding steroid dienone is 1. The summed E-state index contributed by atoms with van der Waals surface area (Å²) in [6.45, 7) is 2.14. The summed E-state index contributed by atoms with van der Waals surface area (Å²) in [5.41, 5.74) is 0. The lowest BCUT2D eigenvalue weighted by Gasteiger charge is -1.75. The van der Waals surface area contributed by atoms with Crippen molar-refractivity contribution >= 4 is 0 Å². The van der Waals surface area contributed by atoms with Crippen LogP contribution in [0.3, 0.4) is 0 Å². The molecule has 0 saturated carbocycles. The zero-order valence-corrected chi connectivity index (χ0v) is 5.72. The first-order valence-corrected chi connectivity index (χ1v) is 3.13. The summed E-state index contributed by atoms with van der Waals surface area (Å²) in [5.74, 6) is 5.85. The fourth-order valence-corrected chi connectivity index (χ4v) is 0.414. The Morgan fingerprint density at radius 3 is 2.67 bits per heavy atom. The molecule has 0 heterocycles. The number of aliphatic hydroxyl groups excluding tert-OH is 1. The molecule has 1 heteroatoms. The fourth-order valence-electron chi connectivity index (χ4n) is 0.414. The number of hydrogen-bond acceptors (Lipinski definition) is 1. The Morgan fingerprint density at radius 2 is 2.11 bits per heavy atom. The average Bonchev–Trinajstić information content (AvgIpc) is 1.89. The maximum atomic E-state index is 8.29. The van der Waals surface area contributed by atoms with Gasteiger partial charge in [-0.2, -0.15) is 0 Å². The minimum absolute atomic E-state index is 0.119. The van der Waals surface area contributed by atoms with Gasteiger partial charge in [0.2, 0.25) is 0 Å². The molecule has 0 aromatic carbocycles. The highest BCUT2D eigenvalue weighted by Gasteiger charge is 1.66. The van der Waals surface area contributed by atoms with Crippen LogP contribution in [0, 0.1) is 11.8 Å². The molecule has 0 atom stereocenters. The summed E-state index contributed by atoms with van der Waals surface area (Å²) in [6.07, 6.45) is 5.23. The first kappa shape index (κ1) is 8.26. The Morgan fingerprint density at radius 1 is 1.33 bits per heavy atom. The van der Waals surface area contributed by atoms with Crippen LogP contribution in [-0.2, 0) is 0 Å². The zero-order valence-electron chi connectivity index (χ0n) is 5.72. The molecule has 0 fully saturated rings. The van der Waals surface area contributed by atoms with Gasteiger partial charge in [0.15, 0.2) is 0 Å². The highest BCUT2D eigenvalue weighted by molar-refractivity contribution is 5.03. The standard InChI is InChI=1S/C8H12O/c1-2-3-4-5-6-7-8-9/h6-7,9H,2,5,8H2,1H3/b7-6+. The average molecular weight is 124 g/mol. The highest BCUT2D eigenvalue weighted by Crippen LogP contribution is 1.79. The van der Waals surface area contributed by atoms with Crippen LogP contribution in [0.1, 0.15) is 19.8 Å². The van der Waals surface area contributed by atoms with Crippen molar-refractivity contribution in [2.24, 2.45) is 0 Å². The van der Waals surface area contributed by atoms with Crippen LogP contribution in [0.25, 0.3) is 0 Å². The van der Waals surface area contributed by atoms with E-state index >= 15 is 0 Å². The van der Waals surface area contributed by atoms with Gasteiger partial charge in [0.05, 0.1) is 6.61 Å². The van der Waals surface area contributed by atoms with Gasteiger partial charge in [-0.05, 0) is 0 Å². The lowest BCUT2D eigenvalue weighted by molar-refractivity contribution is 0.342. The molecule has 0 bridgehead atoms. The molecule has 0 aromatic heterocycles. The van der Waals surface area contributed by atoms with E-state index in [-0.39, 0.29) is 6.61 Å². The second-order valence-corrected chi connectivity index (χ2v) is 1.57. The Hall–Kier alpha value is -0.740. The SMILES string of the molecule is CCC#CC/C=C/CO. The van der Waals surface area contributed by atoms with E-state index in [1.54, 1.807) is 6.08 Å². The van der Waals surface area contributed by atoms with Gasteiger partial charge in [-0.1, -0.05) is 25.0 Å². The fraction of sp³-hybridized carbons (Fsp3) is 0.500. The van der Waals surface area contributed by atoms with Crippen LogP contribution in [0.4, 0.5) is 0 Å². The number of hydrogen-bond donors (Lipinski definition) is 1. The Bertz CT molecular complexity index is 125. The minimum Gasteiger partial charge on any atom is -0.392 e. The van der Waals surface area contributed by atoms with Crippen molar-refractivity contribution in [2.45, 2.75) is 19.8 Å². The molecule has 9 heavy (non-hydrogen) atoms. The number of rotatable bonds is 2. The lowest BCUT2D eigenvalue weighted by atomic mass is 10.3. The van der Waals surface area contributed by atoms with Crippen LogP contribution in [-0.4, -0.2) is 11.7 Å². The largest absolute Gasteiger partial charge is 0.392 e. The molecule has 1 N–H and O–H groups in total. The topological polar surface area (TPSA) is 20.2 Å². The van der Waals surface area contributed by atoms with Crippen molar-refractivity contribution in [3.63, 3.8) is 0 Å². The van der Waals surface area contributed by atoms with Gasteiger partial charge in [0.25, 0.3) is 0 Å². The summed E-state index contributed by atoms with van der Waals surface area (Å²) in [5, 5.41) is 8.29. The molecule has 0 saturated heterocycles. The van der Waals surface area contributed by atoms with Gasteiger partial charge in [0.1, 0.15) is 0 Å².